The van der Waals surface area contributed by atoms with Crippen molar-refractivity contribution in [3.05, 3.63) is 50.7 Å². The maximum absolute atomic E-state index is 10.7. The second-order valence-corrected chi connectivity index (χ2v) is 4.20. The average molecular weight is 298 g/mol. The van der Waals surface area contributed by atoms with Crippen LogP contribution >= 0.6 is 15.9 Å². The average Bonchev–Trinajstić information content (AvgIpc) is 2.67. The molecule has 2 aromatic rings. The highest BCUT2D eigenvalue weighted by Crippen LogP contribution is 2.28. The first-order chi connectivity index (χ1) is 8.08. The molecule has 0 aliphatic rings. The van der Waals surface area contributed by atoms with Crippen molar-refractivity contribution < 1.29 is 10.0 Å². The van der Waals surface area contributed by atoms with Crippen molar-refractivity contribution in [2.45, 2.75) is 6.54 Å². The van der Waals surface area contributed by atoms with Crippen LogP contribution in [0.15, 0.2) is 35.1 Å². The maximum Gasteiger partial charge on any atom is 0.283 e. The second-order valence-electron chi connectivity index (χ2n) is 3.40. The quantitative estimate of drug-likeness (QED) is 0.696. The van der Waals surface area contributed by atoms with E-state index in [-0.39, 0.29) is 11.4 Å². The molecule has 2 rings (SSSR count). The van der Waals surface area contributed by atoms with Crippen molar-refractivity contribution in [2.75, 3.05) is 0 Å². The van der Waals surface area contributed by atoms with Crippen molar-refractivity contribution in [1.29, 1.82) is 0 Å². The zero-order valence-electron chi connectivity index (χ0n) is 8.58. The zero-order valence-corrected chi connectivity index (χ0v) is 10.2. The van der Waals surface area contributed by atoms with Gasteiger partial charge in [0, 0.05) is 6.07 Å². The van der Waals surface area contributed by atoms with Crippen LogP contribution in [0, 0.1) is 10.1 Å². The summed E-state index contributed by atoms with van der Waals surface area (Å²) in [7, 11) is 0. The van der Waals surface area contributed by atoms with Crippen LogP contribution in [0.2, 0.25) is 0 Å². The number of benzene rings is 1. The molecule has 6 nitrogen and oxygen atoms in total. The molecule has 0 amide bonds. The molecule has 0 aliphatic heterocycles. The van der Waals surface area contributed by atoms with Crippen LogP contribution in [0.1, 0.15) is 5.56 Å². The molecule has 0 spiro atoms. The molecule has 1 aromatic carbocycles. The highest BCUT2D eigenvalue weighted by atomic mass is 79.9. The number of aromatic hydroxyl groups is 1. The van der Waals surface area contributed by atoms with E-state index in [1.807, 2.05) is 0 Å². The van der Waals surface area contributed by atoms with Gasteiger partial charge in [-0.2, -0.15) is 5.10 Å². The standard InChI is InChI=1S/C10H8BrN3O3/c11-10-7(2-1-3-9(10)14(16)17)5-13-6-8(15)4-12-13/h1-4,6,15H,5H2. The van der Waals surface area contributed by atoms with Gasteiger partial charge in [-0.1, -0.05) is 12.1 Å². The Balaban J connectivity index is 2.33. The molecule has 0 unspecified atom stereocenters. The molecule has 17 heavy (non-hydrogen) atoms. The van der Waals surface area contributed by atoms with E-state index in [0.29, 0.717) is 11.0 Å². The largest absolute Gasteiger partial charge is 0.505 e. The van der Waals surface area contributed by atoms with Crippen LogP contribution in [0.5, 0.6) is 5.75 Å². The third-order valence-electron chi connectivity index (χ3n) is 2.21. The third-order valence-corrected chi connectivity index (χ3v) is 3.12. The maximum atomic E-state index is 10.7. The van der Waals surface area contributed by atoms with Gasteiger partial charge in [0.15, 0.2) is 5.75 Å². The number of hydrogen-bond donors (Lipinski definition) is 1. The van der Waals surface area contributed by atoms with Crippen LogP contribution in [0.3, 0.4) is 0 Å². The number of nitro benzene ring substituents is 1. The summed E-state index contributed by atoms with van der Waals surface area (Å²) in [4.78, 5) is 10.3. The van der Waals surface area contributed by atoms with E-state index in [2.05, 4.69) is 21.0 Å². The Labute approximate surface area is 105 Å². The zero-order chi connectivity index (χ0) is 12.4. The van der Waals surface area contributed by atoms with Gasteiger partial charge in [0.05, 0.1) is 23.9 Å². The molecule has 1 aromatic heterocycles. The monoisotopic (exact) mass is 297 g/mol. The molecular formula is C10H8BrN3O3. The summed E-state index contributed by atoms with van der Waals surface area (Å²) in [5.74, 6) is 0.0616. The molecule has 0 bridgehead atoms. The van der Waals surface area contributed by atoms with Gasteiger partial charge in [0.2, 0.25) is 0 Å². The van der Waals surface area contributed by atoms with E-state index in [1.54, 1.807) is 12.1 Å². The fraction of sp³-hybridized carbons (Fsp3) is 0.100. The lowest BCUT2D eigenvalue weighted by Gasteiger charge is -2.04. The molecule has 0 saturated carbocycles. The van der Waals surface area contributed by atoms with Crippen LogP contribution in [-0.4, -0.2) is 19.8 Å². The van der Waals surface area contributed by atoms with Crippen LogP contribution < -0.4 is 0 Å². The van der Waals surface area contributed by atoms with E-state index in [9.17, 15) is 10.1 Å². The Kier molecular flexibility index (Phi) is 3.10. The Bertz CT molecular complexity index is 568. The lowest BCUT2D eigenvalue weighted by Crippen LogP contribution is -2.02. The van der Waals surface area contributed by atoms with Gasteiger partial charge in [-0.25, -0.2) is 0 Å². The first-order valence-electron chi connectivity index (χ1n) is 4.71. The summed E-state index contributed by atoms with van der Waals surface area (Å²) in [6.07, 6.45) is 2.76. The van der Waals surface area contributed by atoms with Crippen molar-refractivity contribution in [1.82, 2.24) is 9.78 Å². The SMILES string of the molecule is O=[N+]([O-])c1cccc(Cn2cc(O)cn2)c1Br. The molecule has 1 heterocycles. The van der Waals surface area contributed by atoms with Crippen molar-refractivity contribution in [2.24, 2.45) is 0 Å². The molecule has 7 heteroatoms. The number of rotatable bonds is 3. The van der Waals surface area contributed by atoms with Crippen molar-refractivity contribution in [3.8, 4) is 5.75 Å². The van der Waals surface area contributed by atoms with Crippen LogP contribution in [0.4, 0.5) is 5.69 Å². The molecule has 1 N–H and O–H groups in total. The first-order valence-corrected chi connectivity index (χ1v) is 5.50. The van der Waals surface area contributed by atoms with Gasteiger partial charge in [0.25, 0.3) is 5.69 Å². The fourth-order valence-corrected chi connectivity index (χ4v) is 1.98. The number of halogens is 1. The number of hydrogen-bond acceptors (Lipinski definition) is 4. The summed E-state index contributed by atoms with van der Waals surface area (Å²) >= 11 is 3.20. The lowest BCUT2D eigenvalue weighted by atomic mass is 10.2. The fourth-order valence-electron chi connectivity index (χ4n) is 1.44. The first kappa shape index (κ1) is 11.6. The Morgan fingerprint density at radius 2 is 2.29 bits per heavy atom. The molecule has 0 fully saturated rings. The molecular weight excluding hydrogens is 290 g/mol. The molecule has 0 radical (unpaired) electrons. The summed E-state index contributed by atoms with van der Waals surface area (Å²) in [6, 6.07) is 4.80. The molecule has 0 atom stereocenters. The van der Waals surface area contributed by atoms with Gasteiger partial charge in [0.1, 0.15) is 4.47 Å². The smallest absolute Gasteiger partial charge is 0.283 e. The van der Waals surface area contributed by atoms with E-state index in [0.717, 1.165) is 5.56 Å². The lowest BCUT2D eigenvalue weighted by molar-refractivity contribution is -0.385. The minimum atomic E-state index is -0.450. The van der Waals surface area contributed by atoms with E-state index >= 15 is 0 Å². The highest BCUT2D eigenvalue weighted by Gasteiger charge is 2.15. The van der Waals surface area contributed by atoms with Crippen LogP contribution in [0.25, 0.3) is 0 Å². The highest BCUT2D eigenvalue weighted by molar-refractivity contribution is 9.10. The number of nitrogens with zero attached hydrogens (tertiary/aromatic N) is 3. The van der Waals surface area contributed by atoms with Gasteiger partial charge >= 0.3 is 0 Å². The second kappa shape index (κ2) is 4.54. The Morgan fingerprint density at radius 1 is 1.53 bits per heavy atom. The number of nitro groups is 1. The molecule has 0 saturated heterocycles. The van der Waals surface area contributed by atoms with Crippen molar-refractivity contribution >= 4 is 21.6 Å². The molecule has 88 valence electrons. The topological polar surface area (TPSA) is 81.2 Å². The normalized spacial score (nSPS) is 10.4. The predicted octanol–water partition coefficient (Wildman–Crippen LogP) is 2.31. The van der Waals surface area contributed by atoms with Crippen LogP contribution in [-0.2, 0) is 6.54 Å². The third kappa shape index (κ3) is 2.44. The summed E-state index contributed by atoms with van der Waals surface area (Å²) in [6.45, 7) is 0.350. The van der Waals surface area contributed by atoms with Crippen molar-refractivity contribution in [3.63, 3.8) is 0 Å². The minimum Gasteiger partial charge on any atom is -0.505 e. The Hall–Kier alpha value is -1.89. The molecule has 0 aliphatic carbocycles. The van der Waals surface area contributed by atoms with E-state index in [1.165, 1.54) is 23.1 Å². The summed E-state index contributed by atoms with van der Waals surface area (Å²) in [5, 5.41) is 23.8. The van der Waals surface area contributed by atoms with Gasteiger partial charge in [-0.15, -0.1) is 0 Å². The summed E-state index contributed by atoms with van der Waals surface area (Å²) in [5.41, 5.74) is 0.737. The van der Waals surface area contributed by atoms with Gasteiger partial charge < -0.3 is 5.11 Å². The Morgan fingerprint density at radius 3 is 2.88 bits per heavy atom. The van der Waals surface area contributed by atoms with Gasteiger partial charge in [-0.05, 0) is 21.5 Å². The van der Waals surface area contributed by atoms with E-state index in [4.69, 9.17) is 5.11 Å². The van der Waals surface area contributed by atoms with E-state index < -0.39 is 4.92 Å². The minimum absolute atomic E-state index is 0.0129. The summed E-state index contributed by atoms with van der Waals surface area (Å²) < 4.78 is 1.93. The predicted molar refractivity (Wildman–Crippen MR) is 63.8 cm³/mol. The number of aromatic nitrogens is 2. The van der Waals surface area contributed by atoms with Gasteiger partial charge in [-0.3, -0.25) is 14.8 Å².